The van der Waals surface area contributed by atoms with Crippen molar-refractivity contribution < 1.29 is 0 Å². The number of nitrogens with two attached hydrogens (primary N) is 1. The SMILES string of the molecule is N#Cc1ccc(Cl)cc1Sc1ccccc1N. The molecular weight excluding hydrogens is 252 g/mol. The van der Waals surface area contributed by atoms with E-state index in [1.807, 2.05) is 24.3 Å². The van der Waals surface area contributed by atoms with Gasteiger partial charge in [0.15, 0.2) is 0 Å². The van der Waals surface area contributed by atoms with Gasteiger partial charge in [-0.25, -0.2) is 0 Å². The minimum atomic E-state index is 0.600. The number of anilines is 1. The molecule has 0 amide bonds. The summed E-state index contributed by atoms with van der Waals surface area (Å²) >= 11 is 7.37. The van der Waals surface area contributed by atoms with Crippen molar-refractivity contribution in [3.63, 3.8) is 0 Å². The van der Waals surface area contributed by atoms with Crippen LogP contribution in [0.3, 0.4) is 0 Å². The van der Waals surface area contributed by atoms with Crippen LogP contribution >= 0.6 is 23.4 Å². The fraction of sp³-hybridized carbons (Fsp3) is 0. The van der Waals surface area contributed by atoms with Gasteiger partial charge in [-0.3, -0.25) is 0 Å². The van der Waals surface area contributed by atoms with Gasteiger partial charge in [0.1, 0.15) is 6.07 Å². The number of hydrogen-bond acceptors (Lipinski definition) is 3. The molecule has 0 fully saturated rings. The van der Waals surface area contributed by atoms with Gasteiger partial charge in [-0.2, -0.15) is 5.26 Å². The maximum Gasteiger partial charge on any atom is 0.100 e. The standard InChI is InChI=1S/C13H9ClN2S/c14-10-6-5-9(8-15)13(7-10)17-12-4-2-1-3-11(12)16/h1-7H,16H2. The molecule has 0 aliphatic heterocycles. The first-order chi connectivity index (χ1) is 8.20. The summed E-state index contributed by atoms with van der Waals surface area (Å²) in [6.45, 7) is 0. The number of para-hydroxylation sites is 1. The van der Waals surface area contributed by atoms with Crippen LogP contribution < -0.4 is 5.73 Å². The molecule has 2 rings (SSSR count). The fourth-order valence-corrected chi connectivity index (χ4v) is 2.58. The van der Waals surface area contributed by atoms with Gasteiger partial charge in [0, 0.05) is 20.5 Å². The summed E-state index contributed by atoms with van der Waals surface area (Å²) in [5.41, 5.74) is 7.16. The predicted molar refractivity (Wildman–Crippen MR) is 71.1 cm³/mol. The molecule has 0 aromatic heterocycles. The van der Waals surface area contributed by atoms with E-state index in [0.717, 1.165) is 9.79 Å². The molecule has 0 atom stereocenters. The highest BCUT2D eigenvalue weighted by molar-refractivity contribution is 7.99. The first-order valence-electron chi connectivity index (χ1n) is 4.92. The highest BCUT2D eigenvalue weighted by Gasteiger charge is 2.06. The Hall–Kier alpha value is -1.63. The van der Waals surface area contributed by atoms with Gasteiger partial charge >= 0.3 is 0 Å². The van der Waals surface area contributed by atoms with Crippen LogP contribution in [0.4, 0.5) is 5.69 Å². The van der Waals surface area contributed by atoms with Crippen LogP contribution in [-0.4, -0.2) is 0 Å². The first kappa shape index (κ1) is 11.8. The van der Waals surface area contributed by atoms with E-state index >= 15 is 0 Å². The molecule has 0 saturated heterocycles. The van der Waals surface area contributed by atoms with Crippen LogP contribution in [0.5, 0.6) is 0 Å². The second-order valence-corrected chi connectivity index (χ2v) is 4.91. The molecule has 84 valence electrons. The molecule has 2 aromatic carbocycles. The van der Waals surface area contributed by atoms with Crippen molar-refractivity contribution in [3.05, 3.63) is 53.1 Å². The lowest BCUT2D eigenvalue weighted by molar-refractivity contribution is 1.35. The first-order valence-corrected chi connectivity index (χ1v) is 6.12. The zero-order valence-electron chi connectivity index (χ0n) is 8.85. The van der Waals surface area contributed by atoms with E-state index in [1.54, 1.807) is 18.2 Å². The van der Waals surface area contributed by atoms with Gasteiger partial charge in [0.2, 0.25) is 0 Å². The monoisotopic (exact) mass is 260 g/mol. The van der Waals surface area contributed by atoms with E-state index in [9.17, 15) is 0 Å². The van der Waals surface area contributed by atoms with Gasteiger partial charge < -0.3 is 5.73 Å². The Morgan fingerprint density at radius 3 is 2.59 bits per heavy atom. The Balaban J connectivity index is 2.40. The van der Waals surface area contributed by atoms with Gasteiger partial charge in [-0.1, -0.05) is 35.5 Å². The molecule has 0 spiro atoms. The summed E-state index contributed by atoms with van der Waals surface area (Å²) in [6.07, 6.45) is 0. The predicted octanol–water partition coefficient (Wildman–Crippen LogP) is 3.95. The van der Waals surface area contributed by atoms with E-state index in [-0.39, 0.29) is 0 Å². The molecular formula is C13H9ClN2S. The molecule has 0 heterocycles. The van der Waals surface area contributed by atoms with Crippen molar-refractivity contribution in [2.45, 2.75) is 9.79 Å². The largest absolute Gasteiger partial charge is 0.398 e. The zero-order valence-corrected chi connectivity index (χ0v) is 10.4. The Labute approximate surface area is 109 Å². The molecule has 4 heteroatoms. The zero-order chi connectivity index (χ0) is 12.3. The van der Waals surface area contributed by atoms with Gasteiger partial charge in [0.05, 0.1) is 5.56 Å². The number of hydrogen-bond donors (Lipinski definition) is 1. The fourth-order valence-electron chi connectivity index (χ4n) is 1.36. The van der Waals surface area contributed by atoms with Crippen molar-refractivity contribution in [1.29, 1.82) is 5.26 Å². The average molecular weight is 261 g/mol. The minimum absolute atomic E-state index is 0.600. The second kappa shape index (κ2) is 5.13. The number of halogens is 1. The van der Waals surface area contributed by atoms with Gasteiger partial charge in [-0.15, -0.1) is 0 Å². The third kappa shape index (κ3) is 2.73. The lowest BCUT2D eigenvalue weighted by atomic mass is 10.2. The lowest BCUT2D eigenvalue weighted by Crippen LogP contribution is -1.88. The third-order valence-corrected chi connectivity index (χ3v) is 3.59. The van der Waals surface area contributed by atoms with Crippen molar-refractivity contribution in [2.24, 2.45) is 0 Å². The number of nitriles is 1. The van der Waals surface area contributed by atoms with E-state index in [0.29, 0.717) is 16.3 Å². The number of nitrogens with zero attached hydrogens (tertiary/aromatic N) is 1. The Bertz CT molecular complexity index is 590. The van der Waals surface area contributed by atoms with Crippen LogP contribution in [0.15, 0.2) is 52.3 Å². The smallest absolute Gasteiger partial charge is 0.100 e. The van der Waals surface area contributed by atoms with E-state index in [1.165, 1.54) is 11.8 Å². The molecule has 0 radical (unpaired) electrons. The maximum absolute atomic E-state index is 9.02. The average Bonchev–Trinajstić information content (AvgIpc) is 2.32. The van der Waals surface area contributed by atoms with Gasteiger partial charge in [0.25, 0.3) is 0 Å². The van der Waals surface area contributed by atoms with Crippen LogP contribution in [-0.2, 0) is 0 Å². The summed E-state index contributed by atoms with van der Waals surface area (Å²) in [7, 11) is 0. The highest BCUT2D eigenvalue weighted by atomic mass is 35.5. The lowest BCUT2D eigenvalue weighted by Gasteiger charge is -2.06. The highest BCUT2D eigenvalue weighted by Crippen LogP contribution is 2.35. The second-order valence-electron chi connectivity index (χ2n) is 3.39. The molecule has 0 aliphatic carbocycles. The normalized spacial score (nSPS) is 9.88. The summed E-state index contributed by atoms with van der Waals surface area (Å²) in [4.78, 5) is 1.74. The summed E-state index contributed by atoms with van der Waals surface area (Å²) in [6, 6.07) is 14.9. The van der Waals surface area contributed by atoms with Crippen molar-refractivity contribution in [3.8, 4) is 6.07 Å². The number of nitrogen functional groups attached to an aromatic ring is 1. The molecule has 0 unspecified atom stereocenters. The molecule has 0 bridgehead atoms. The molecule has 0 saturated carbocycles. The number of rotatable bonds is 2. The Kier molecular flexibility index (Phi) is 3.58. The van der Waals surface area contributed by atoms with E-state index in [4.69, 9.17) is 22.6 Å². The van der Waals surface area contributed by atoms with E-state index in [2.05, 4.69) is 6.07 Å². The van der Waals surface area contributed by atoms with Crippen molar-refractivity contribution in [1.82, 2.24) is 0 Å². The maximum atomic E-state index is 9.02. The van der Waals surface area contributed by atoms with Gasteiger partial charge in [-0.05, 0) is 30.3 Å². The molecule has 2 nitrogen and oxygen atoms in total. The molecule has 2 aromatic rings. The molecule has 0 aliphatic rings. The van der Waals surface area contributed by atoms with Crippen LogP contribution in [0.25, 0.3) is 0 Å². The summed E-state index contributed by atoms with van der Waals surface area (Å²) < 4.78 is 0. The number of benzene rings is 2. The Morgan fingerprint density at radius 1 is 1.12 bits per heavy atom. The van der Waals surface area contributed by atoms with Crippen LogP contribution in [0, 0.1) is 11.3 Å². The summed E-state index contributed by atoms with van der Waals surface area (Å²) in [5, 5.41) is 9.63. The molecule has 17 heavy (non-hydrogen) atoms. The quantitative estimate of drug-likeness (QED) is 0.832. The third-order valence-electron chi connectivity index (χ3n) is 2.20. The molecule has 2 N–H and O–H groups in total. The van der Waals surface area contributed by atoms with E-state index < -0.39 is 0 Å². The Morgan fingerprint density at radius 2 is 1.88 bits per heavy atom. The topological polar surface area (TPSA) is 49.8 Å². The summed E-state index contributed by atoms with van der Waals surface area (Å²) in [5.74, 6) is 0. The van der Waals surface area contributed by atoms with Crippen LogP contribution in [0.2, 0.25) is 5.02 Å². The minimum Gasteiger partial charge on any atom is -0.398 e. The van der Waals surface area contributed by atoms with Crippen LogP contribution in [0.1, 0.15) is 5.56 Å². The van der Waals surface area contributed by atoms with Crippen molar-refractivity contribution in [2.75, 3.05) is 5.73 Å². The van der Waals surface area contributed by atoms with Crippen molar-refractivity contribution >= 4 is 29.1 Å².